The Hall–Kier alpha value is -0.350. The van der Waals surface area contributed by atoms with Crippen molar-refractivity contribution < 1.29 is 0 Å². The topological polar surface area (TPSA) is 6.25 Å². The van der Waals surface area contributed by atoms with Crippen LogP contribution in [0.15, 0.2) is 4.90 Å². The average molecular weight is 253 g/mol. The first-order chi connectivity index (χ1) is 7.79. The minimum absolute atomic E-state index is 1.06. The quantitative estimate of drug-likeness (QED) is 0.463. The molecule has 0 aromatic heterocycles. The van der Waals surface area contributed by atoms with E-state index >= 15 is 0 Å². The summed E-state index contributed by atoms with van der Waals surface area (Å²) < 4.78 is 3.47. The molecule has 0 aliphatic carbocycles. The molecule has 86 valence electrons. The lowest BCUT2D eigenvalue weighted by Crippen LogP contribution is -2.36. The Labute approximate surface area is 107 Å². The van der Waals surface area contributed by atoms with Gasteiger partial charge in [-0.15, -0.1) is 12.6 Å². The van der Waals surface area contributed by atoms with Crippen LogP contribution in [0.1, 0.15) is 25.7 Å². The van der Waals surface area contributed by atoms with Crippen molar-refractivity contribution in [1.82, 2.24) is 4.58 Å². The van der Waals surface area contributed by atoms with Gasteiger partial charge in [0.05, 0.1) is 5.69 Å². The number of thiol groups is 1. The van der Waals surface area contributed by atoms with Crippen LogP contribution >= 0.6 is 24.8 Å². The van der Waals surface area contributed by atoms with Crippen LogP contribution in [0.3, 0.4) is 0 Å². The first-order valence-corrected chi connectivity index (χ1v) is 7.00. The molecule has 16 heavy (non-hydrogen) atoms. The van der Waals surface area contributed by atoms with Gasteiger partial charge in [-0.05, 0) is 12.8 Å². The van der Waals surface area contributed by atoms with E-state index in [9.17, 15) is 0 Å². The number of hydrogen-bond acceptors (Lipinski definition) is 3. The molecule has 0 radical (unpaired) electrons. The maximum absolute atomic E-state index is 5.55. The van der Waals surface area contributed by atoms with Crippen molar-refractivity contribution in [2.45, 2.75) is 30.6 Å². The summed E-state index contributed by atoms with van der Waals surface area (Å²) in [5, 5.41) is 1.25. The third kappa shape index (κ3) is 1.54. The number of nitrogens with zero attached hydrogens (tertiary/aromatic N) is 2. The van der Waals surface area contributed by atoms with Crippen LogP contribution < -0.4 is 14.8 Å². The molecule has 0 N–H and O–H groups in total. The summed E-state index contributed by atoms with van der Waals surface area (Å²) in [6.45, 7) is 4.64. The smallest absolute Gasteiger partial charge is 0.235 e. The molecule has 2 aliphatic rings. The fourth-order valence-electron chi connectivity index (χ4n) is 2.85. The number of anilines is 1. The van der Waals surface area contributed by atoms with Gasteiger partial charge in [0, 0.05) is 25.9 Å². The summed E-state index contributed by atoms with van der Waals surface area (Å²) in [6, 6.07) is 0. The van der Waals surface area contributed by atoms with Crippen LogP contribution in [0.2, 0.25) is 0 Å². The molecule has 1 aromatic carbocycles. The number of hydrogen-bond donors (Lipinski definition) is 1. The van der Waals surface area contributed by atoms with E-state index in [0.717, 1.165) is 35.6 Å². The summed E-state index contributed by atoms with van der Waals surface area (Å²) in [5.41, 5.74) is 1.25. The maximum Gasteiger partial charge on any atom is 0.235 e. The first-order valence-electron chi connectivity index (χ1n) is 6.14. The zero-order valence-electron chi connectivity index (χ0n) is 9.41. The molecule has 2 aliphatic heterocycles. The van der Waals surface area contributed by atoms with Crippen LogP contribution in [0.25, 0.3) is 0 Å². The molecule has 0 saturated carbocycles. The van der Waals surface area contributed by atoms with Crippen LogP contribution in [-0.4, -0.2) is 26.2 Å². The lowest BCUT2D eigenvalue weighted by Gasteiger charge is -2.21. The Kier molecular flexibility index (Phi) is 2.80. The molecular weight excluding hydrogens is 236 g/mol. The van der Waals surface area contributed by atoms with Crippen molar-refractivity contribution in [2.75, 3.05) is 31.1 Å². The van der Waals surface area contributed by atoms with E-state index in [4.69, 9.17) is 12.2 Å². The van der Waals surface area contributed by atoms with Crippen LogP contribution in [0.4, 0.5) is 5.69 Å². The van der Waals surface area contributed by atoms with Gasteiger partial charge in [-0.3, -0.25) is 0 Å². The Bertz CT molecular complexity index is 483. The summed E-state index contributed by atoms with van der Waals surface area (Å²) in [5.74, 6) is 0. The molecule has 0 unspecified atom stereocenters. The molecule has 2 saturated heterocycles. The molecule has 0 spiro atoms. The second-order valence-corrected chi connectivity index (χ2v) is 5.62. The van der Waals surface area contributed by atoms with Gasteiger partial charge in [-0.25, -0.2) is 4.58 Å². The Morgan fingerprint density at radius 2 is 1.69 bits per heavy atom. The van der Waals surface area contributed by atoms with Crippen molar-refractivity contribution in [3.63, 3.8) is 0 Å². The highest BCUT2D eigenvalue weighted by atomic mass is 32.1. The first kappa shape index (κ1) is 10.8. The summed E-state index contributed by atoms with van der Waals surface area (Å²) in [7, 11) is 0. The van der Waals surface area contributed by atoms with Crippen molar-refractivity contribution in [3.8, 4) is 0 Å². The molecular formula is C12H17N2S2+. The van der Waals surface area contributed by atoms with Crippen LogP contribution in [0, 0.1) is 4.51 Å². The highest BCUT2D eigenvalue weighted by molar-refractivity contribution is 7.80. The van der Waals surface area contributed by atoms with Gasteiger partial charge in [-0.2, -0.15) is 0 Å². The SMILES string of the molecule is S=c1c(N2CCCC2)c(S)c1=[N+]1CCCC1. The van der Waals surface area contributed by atoms with E-state index in [1.165, 1.54) is 36.7 Å². The standard InChI is InChI=1S/C12H16N2S2/c15-11-9(13-5-1-2-6-13)12(16)10(11)14-7-3-4-8-14/h1-8H2/p+1. The van der Waals surface area contributed by atoms with E-state index in [0.29, 0.717) is 0 Å². The fourth-order valence-corrected chi connectivity index (χ4v) is 3.97. The molecule has 4 heteroatoms. The molecule has 1 aromatic rings. The number of rotatable bonds is 1. The van der Waals surface area contributed by atoms with Gasteiger partial charge in [0.1, 0.15) is 22.5 Å². The van der Waals surface area contributed by atoms with Crippen molar-refractivity contribution in [1.29, 1.82) is 0 Å². The van der Waals surface area contributed by atoms with Crippen molar-refractivity contribution >= 4 is 30.5 Å². The van der Waals surface area contributed by atoms with Crippen molar-refractivity contribution in [2.24, 2.45) is 0 Å². The Morgan fingerprint density at radius 3 is 2.25 bits per heavy atom. The van der Waals surface area contributed by atoms with Gasteiger partial charge in [0.25, 0.3) is 0 Å². The van der Waals surface area contributed by atoms with Gasteiger partial charge in [-0.1, -0.05) is 12.2 Å². The lowest BCUT2D eigenvalue weighted by molar-refractivity contribution is 0.671. The third-order valence-electron chi connectivity index (χ3n) is 3.72. The minimum atomic E-state index is 1.06. The maximum atomic E-state index is 5.55. The summed E-state index contributed by atoms with van der Waals surface area (Å²) in [4.78, 5) is 3.55. The minimum Gasteiger partial charge on any atom is -0.369 e. The predicted molar refractivity (Wildman–Crippen MR) is 72.6 cm³/mol. The summed E-state index contributed by atoms with van der Waals surface area (Å²) >= 11 is 10.2. The van der Waals surface area contributed by atoms with E-state index in [1.54, 1.807) is 0 Å². The summed E-state index contributed by atoms with van der Waals surface area (Å²) in [6.07, 6.45) is 5.19. The largest absolute Gasteiger partial charge is 0.369 e. The molecule has 2 nitrogen and oxygen atoms in total. The van der Waals surface area contributed by atoms with Gasteiger partial charge in [0.15, 0.2) is 0 Å². The van der Waals surface area contributed by atoms with Crippen LogP contribution in [-0.2, 0) is 0 Å². The Morgan fingerprint density at radius 1 is 1.06 bits per heavy atom. The zero-order chi connectivity index (χ0) is 11.1. The van der Waals surface area contributed by atoms with Crippen LogP contribution in [0.5, 0.6) is 0 Å². The highest BCUT2D eigenvalue weighted by Crippen LogP contribution is 2.29. The van der Waals surface area contributed by atoms with E-state index < -0.39 is 0 Å². The molecule has 0 atom stereocenters. The highest BCUT2D eigenvalue weighted by Gasteiger charge is 2.28. The molecule has 0 amide bonds. The van der Waals surface area contributed by atoms with E-state index in [-0.39, 0.29) is 0 Å². The lowest BCUT2D eigenvalue weighted by atomic mass is 10.2. The van der Waals surface area contributed by atoms with Crippen molar-refractivity contribution in [3.05, 3.63) is 9.87 Å². The zero-order valence-corrected chi connectivity index (χ0v) is 11.1. The molecule has 3 rings (SSSR count). The van der Waals surface area contributed by atoms with Gasteiger partial charge in [0.2, 0.25) is 5.36 Å². The van der Waals surface area contributed by atoms with Gasteiger partial charge >= 0.3 is 0 Å². The second kappa shape index (κ2) is 4.15. The fraction of sp³-hybridized carbons (Fsp3) is 0.667. The monoisotopic (exact) mass is 253 g/mol. The van der Waals surface area contributed by atoms with E-state index in [1.807, 2.05) is 0 Å². The third-order valence-corrected chi connectivity index (χ3v) is 4.53. The molecule has 2 heterocycles. The Balaban J connectivity index is 2.02. The second-order valence-electron chi connectivity index (χ2n) is 4.76. The van der Waals surface area contributed by atoms with Gasteiger partial charge < -0.3 is 4.90 Å². The predicted octanol–water partition coefficient (Wildman–Crippen LogP) is 1.75. The molecule has 0 bridgehead atoms. The normalized spacial score (nSPS) is 21.3. The molecule has 2 fully saturated rings. The average Bonchev–Trinajstić information content (AvgIpc) is 2.91. The van der Waals surface area contributed by atoms with E-state index in [2.05, 4.69) is 22.1 Å².